The Labute approximate surface area is 115 Å². The lowest BCUT2D eigenvalue weighted by Gasteiger charge is -2.36. The van der Waals surface area contributed by atoms with Gasteiger partial charge in [0, 0.05) is 12.1 Å². The molecule has 0 aromatic heterocycles. The first-order chi connectivity index (χ1) is 9.00. The van der Waals surface area contributed by atoms with Crippen molar-refractivity contribution in [1.82, 2.24) is 9.62 Å². The standard InChI is InChI=1S/C14H22N2O2S/c1-16(2)14-11-7-6-10-13(14)15-19(17,18)12-8-4-3-5-9-12/h3-5,8-9,13-15H,6-7,10-11H2,1-2H3. The molecule has 2 atom stereocenters. The lowest BCUT2D eigenvalue weighted by molar-refractivity contribution is 0.191. The fourth-order valence-electron chi connectivity index (χ4n) is 2.73. The quantitative estimate of drug-likeness (QED) is 0.916. The van der Waals surface area contributed by atoms with E-state index in [1.165, 1.54) is 6.42 Å². The van der Waals surface area contributed by atoms with Gasteiger partial charge in [-0.3, -0.25) is 0 Å². The number of hydrogen-bond donors (Lipinski definition) is 1. The van der Waals surface area contributed by atoms with Crippen molar-refractivity contribution >= 4 is 10.0 Å². The van der Waals surface area contributed by atoms with E-state index >= 15 is 0 Å². The van der Waals surface area contributed by atoms with E-state index in [-0.39, 0.29) is 12.1 Å². The van der Waals surface area contributed by atoms with Gasteiger partial charge in [0.25, 0.3) is 0 Å². The molecule has 1 N–H and O–H groups in total. The second kappa shape index (κ2) is 6.03. The maximum Gasteiger partial charge on any atom is 0.240 e. The topological polar surface area (TPSA) is 49.4 Å². The number of benzene rings is 1. The third-order valence-corrected chi connectivity index (χ3v) is 5.26. The Balaban J connectivity index is 2.15. The van der Waals surface area contributed by atoms with Gasteiger partial charge in [-0.15, -0.1) is 0 Å². The molecule has 1 aliphatic carbocycles. The van der Waals surface area contributed by atoms with Crippen molar-refractivity contribution in [2.45, 2.75) is 42.7 Å². The molecule has 1 saturated carbocycles. The molecular formula is C14H22N2O2S. The Morgan fingerprint density at radius 1 is 1.11 bits per heavy atom. The molecule has 106 valence electrons. The highest BCUT2D eigenvalue weighted by molar-refractivity contribution is 7.89. The van der Waals surface area contributed by atoms with Gasteiger partial charge in [0.2, 0.25) is 10.0 Å². The fraction of sp³-hybridized carbons (Fsp3) is 0.571. The molecule has 0 aliphatic heterocycles. The van der Waals surface area contributed by atoms with Crippen LogP contribution in [0.1, 0.15) is 25.7 Å². The highest BCUT2D eigenvalue weighted by atomic mass is 32.2. The van der Waals surface area contributed by atoms with Crippen molar-refractivity contribution in [2.75, 3.05) is 14.1 Å². The molecule has 0 bridgehead atoms. The molecule has 19 heavy (non-hydrogen) atoms. The first-order valence-corrected chi connectivity index (χ1v) is 8.23. The molecule has 0 amide bonds. The normalized spacial score (nSPS) is 24.6. The number of nitrogens with zero attached hydrogens (tertiary/aromatic N) is 1. The van der Waals surface area contributed by atoms with Crippen LogP contribution >= 0.6 is 0 Å². The summed E-state index contributed by atoms with van der Waals surface area (Å²) < 4.78 is 27.6. The van der Waals surface area contributed by atoms with Crippen LogP contribution in [0, 0.1) is 0 Å². The Morgan fingerprint density at radius 3 is 2.37 bits per heavy atom. The zero-order valence-corrected chi connectivity index (χ0v) is 12.4. The summed E-state index contributed by atoms with van der Waals surface area (Å²) in [5.74, 6) is 0. The minimum atomic E-state index is -3.40. The van der Waals surface area contributed by atoms with Crippen LogP contribution < -0.4 is 4.72 Å². The number of hydrogen-bond acceptors (Lipinski definition) is 3. The van der Waals surface area contributed by atoms with Gasteiger partial charge in [0.05, 0.1) is 4.90 Å². The summed E-state index contributed by atoms with van der Waals surface area (Å²) in [5.41, 5.74) is 0. The van der Waals surface area contributed by atoms with Crippen LogP contribution in [0.25, 0.3) is 0 Å². The Bertz CT molecular complexity index is 499. The predicted octanol–water partition coefficient (Wildman–Crippen LogP) is 1.84. The minimum absolute atomic E-state index is 0.00829. The molecule has 1 fully saturated rings. The Morgan fingerprint density at radius 2 is 1.74 bits per heavy atom. The van der Waals surface area contributed by atoms with E-state index in [1.54, 1.807) is 24.3 Å². The molecule has 2 rings (SSSR count). The maximum absolute atomic E-state index is 12.3. The summed E-state index contributed by atoms with van der Waals surface area (Å²) in [4.78, 5) is 2.47. The van der Waals surface area contributed by atoms with Gasteiger partial charge < -0.3 is 4.90 Å². The average Bonchev–Trinajstić information content (AvgIpc) is 2.39. The van der Waals surface area contributed by atoms with Crippen molar-refractivity contribution in [3.05, 3.63) is 30.3 Å². The summed E-state index contributed by atoms with van der Waals surface area (Å²) >= 11 is 0. The third kappa shape index (κ3) is 3.55. The van der Waals surface area contributed by atoms with E-state index in [0.29, 0.717) is 4.90 Å². The highest BCUT2D eigenvalue weighted by Crippen LogP contribution is 2.23. The summed E-state index contributed by atoms with van der Waals surface area (Å²) in [6, 6.07) is 8.88. The van der Waals surface area contributed by atoms with E-state index < -0.39 is 10.0 Å². The molecule has 1 aromatic carbocycles. The van der Waals surface area contributed by atoms with Gasteiger partial charge in [0.15, 0.2) is 0 Å². The van der Waals surface area contributed by atoms with Crippen molar-refractivity contribution in [3.63, 3.8) is 0 Å². The molecule has 5 heteroatoms. The van der Waals surface area contributed by atoms with Crippen LogP contribution in [-0.2, 0) is 10.0 Å². The largest absolute Gasteiger partial charge is 0.305 e. The van der Waals surface area contributed by atoms with Crippen LogP contribution in [0.5, 0.6) is 0 Å². The summed E-state index contributed by atoms with van der Waals surface area (Å²) in [6.45, 7) is 0. The summed E-state index contributed by atoms with van der Waals surface area (Å²) in [7, 11) is 0.624. The first kappa shape index (κ1) is 14.5. The number of likely N-dealkylation sites (N-methyl/N-ethyl adjacent to an activating group) is 1. The van der Waals surface area contributed by atoms with E-state index in [2.05, 4.69) is 9.62 Å². The smallest absolute Gasteiger partial charge is 0.240 e. The summed E-state index contributed by atoms with van der Waals surface area (Å²) in [6.07, 6.45) is 4.22. The van der Waals surface area contributed by atoms with Gasteiger partial charge in [0.1, 0.15) is 0 Å². The molecule has 1 aliphatic rings. The zero-order chi connectivity index (χ0) is 13.9. The number of nitrogens with one attached hydrogen (secondary N) is 1. The first-order valence-electron chi connectivity index (χ1n) is 6.74. The van der Waals surface area contributed by atoms with Crippen molar-refractivity contribution < 1.29 is 8.42 Å². The minimum Gasteiger partial charge on any atom is -0.305 e. The molecule has 1 aromatic rings. The van der Waals surface area contributed by atoms with Crippen LogP contribution in [-0.4, -0.2) is 39.5 Å². The van der Waals surface area contributed by atoms with Gasteiger partial charge in [-0.2, -0.15) is 0 Å². The molecular weight excluding hydrogens is 260 g/mol. The summed E-state index contributed by atoms with van der Waals surface area (Å²) in [5, 5.41) is 0. The van der Waals surface area contributed by atoms with Crippen molar-refractivity contribution in [1.29, 1.82) is 0 Å². The fourth-order valence-corrected chi connectivity index (χ4v) is 4.06. The molecule has 4 nitrogen and oxygen atoms in total. The number of rotatable bonds is 4. The van der Waals surface area contributed by atoms with Gasteiger partial charge in [-0.05, 0) is 39.1 Å². The van der Waals surface area contributed by atoms with Crippen LogP contribution in [0.3, 0.4) is 0 Å². The average molecular weight is 282 g/mol. The van der Waals surface area contributed by atoms with Crippen LogP contribution in [0.4, 0.5) is 0 Å². The van der Waals surface area contributed by atoms with E-state index in [9.17, 15) is 8.42 Å². The van der Waals surface area contributed by atoms with Crippen LogP contribution in [0.15, 0.2) is 35.2 Å². The predicted molar refractivity (Wildman–Crippen MR) is 76.5 cm³/mol. The van der Waals surface area contributed by atoms with Crippen LogP contribution in [0.2, 0.25) is 0 Å². The van der Waals surface area contributed by atoms with Gasteiger partial charge in [-0.1, -0.05) is 31.0 Å². The van der Waals surface area contributed by atoms with E-state index in [0.717, 1.165) is 19.3 Å². The maximum atomic E-state index is 12.3. The molecule has 2 unspecified atom stereocenters. The molecule has 0 spiro atoms. The highest BCUT2D eigenvalue weighted by Gasteiger charge is 2.30. The van der Waals surface area contributed by atoms with E-state index in [1.807, 2.05) is 20.2 Å². The second-order valence-electron chi connectivity index (χ2n) is 5.36. The SMILES string of the molecule is CN(C)C1CCCCC1NS(=O)(=O)c1ccccc1. The van der Waals surface area contributed by atoms with Crippen molar-refractivity contribution in [3.8, 4) is 0 Å². The molecule has 0 radical (unpaired) electrons. The number of sulfonamides is 1. The lowest BCUT2D eigenvalue weighted by Crippen LogP contribution is -2.50. The monoisotopic (exact) mass is 282 g/mol. The lowest BCUT2D eigenvalue weighted by atomic mass is 9.90. The third-order valence-electron chi connectivity index (χ3n) is 3.75. The van der Waals surface area contributed by atoms with Gasteiger partial charge >= 0.3 is 0 Å². The Kier molecular flexibility index (Phi) is 4.60. The van der Waals surface area contributed by atoms with Crippen molar-refractivity contribution in [2.24, 2.45) is 0 Å². The van der Waals surface area contributed by atoms with E-state index in [4.69, 9.17) is 0 Å². The molecule has 0 heterocycles. The Hall–Kier alpha value is -0.910. The zero-order valence-electron chi connectivity index (χ0n) is 11.5. The molecule has 0 saturated heterocycles. The second-order valence-corrected chi connectivity index (χ2v) is 7.07. The van der Waals surface area contributed by atoms with Gasteiger partial charge in [-0.25, -0.2) is 13.1 Å².